The van der Waals surface area contributed by atoms with Crippen LogP contribution in [0.15, 0.2) is 12.4 Å². The largest absolute Gasteiger partial charge is 0.319 e. The molecule has 0 atom stereocenters. The zero-order valence-corrected chi connectivity index (χ0v) is 13.5. The first-order valence-electron chi connectivity index (χ1n) is 7.36. The van der Waals surface area contributed by atoms with Crippen LogP contribution in [0.25, 0.3) is 0 Å². The minimum atomic E-state index is -2.94. The minimum Gasteiger partial charge on any atom is -0.300 e. The third-order valence-electron chi connectivity index (χ3n) is 3.95. The van der Waals surface area contributed by atoms with Gasteiger partial charge < -0.3 is 0 Å². The summed E-state index contributed by atoms with van der Waals surface area (Å²) in [6.45, 7) is 2.94. The highest BCUT2D eigenvalue weighted by atomic mass is 32.2. The number of rotatable bonds is 7. The van der Waals surface area contributed by atoms with Gasteiger partial charge in [-0.15, -0.1) is 0 Å². The van der Waals surface area contributed by atoms with Gasteiger partial charge >= 0.3 is 6.55 Å². The lowest BCUT2D eigenvalue weighted by Crippen LogP contribution is -2.47. The van der Waals surface area contributed by atoms with Crippen molar-refractivity contribution in [3.63, 3.8) is 0 Å². The molecule has 0 N–H and O–H groups in total. The normalized spacial score (nSPS) is 18.2. The molecule has 0 unspecified atom stereocenters. The van der Waals surface area contributed by atoms with Crippen LogP contribution in [0.3, 0.4) is 0 Å². The second-order valence-corrected chi connectivity index (χ2v) is 7.86. The molecule has 0 spiro atoms. The van der Waals surface area contributed by atoms with Gasteiger partial charge in [-0.1, -0.05) is 6.92 Å². The lowest BCUT2D eigenvalue weighted by Gasteiger charge is -2.34. The highest BCUT2D eigenvalue weighted by molar-refractivity contribution is 7.91. The summed E-state index contributed by atoms with van der Waals surface area (Å²) >= 11 is 0. The van der Waals surface area contributed by atoms with Crippen molar-refractivity contribution in [2.45, 2.75) is 20.0 Å². The van der Waals surface area contributed by atoms with Gasteiger partial charge in [0.2, 0.25) is 0 Å². The van der Waals surface area contributed by atoms with Crippen molar-refractivity contribution < 1.29 is 17.2 Å². The fourth-order valence-corrected chi connectivity index (χ4v) is 3.25. The van der Waals surface area contributed by atoms with E-state index in [4.69, 9.17) is 0 Å². The summed E-state index contributed by atoms with van der Waals surface area (Å²) in [5.74, 6) is 0.708. The molecular formula is C13H22F2N4O2S. The summed E-state index contributed by atoms with van der Waals surface area (Å²) in [7, 11) is -2.94. The molecule has 2 heterocycles. The number of hydrogen-bond donors (Lipinski definition) is 0. The van der Waals surface area contributed by atoms with Crippen LogP contribution in [0.1, 0.15) is 19.3 Å². The smallest absolute Gasteiger partial charge is 0.300 e. The number of imidazole rings is 1. The highest BCUT2D eigenvalue weighted by Crippen LogP contribution is 2.14. The first-order chi connectivity index (χ1) is 10.4. The average Bonchev–Trinajstić information content (AvgIpc) is 2.95. The molecule has 0 saturated carbocycles. The molecule has 0 bridgehead atoms. The number of aromatic nitrogens is 2. The topological polar surface area (TPSA) is 58.4 Å². The lowest BCUT2D eigenvalue weighted by molar-refractivity contribution is 0.0609. The summed E-state index contributed by atoms with van der Waals surface area (Å²) in [5, 5.41) is 0. The Bertz CT molecular complexity index is 568. The molecule has 22 heavy (non-hydrogen) atoms. The Morgan fingerprint density at radius 1 is 1.23 bits per heavy atom. The van der Waals surface area contributed by atoms with Crippen LogP contribution in [-0.2, 0) is 16.4 Å². The van der Waals surface area contributed by atoms with Gasteiger partial charge in [0.15, 0.2) is 9.84 Å². The molecule has 1 aromatic rings. The van der Waals surface area contributed by atoms with Crippen LogP contribution in [-0.4, -0.2) is 72.0 Å². The third-order valence-corrected chi connectivity index (χ3v) is 5.63. The summed E-state index contributed by atoms with van der Waals surface area (Å²) in [4.78, 5) is 8.14. The van der Waals surface area contributed by atoms with Gasteiger partial charge in [-0.2, -0.15) is 8.78 Å². The predicted molar refractivity (Wildman–Crippen MR) is 79.5 cm³/mol. The summed E-state index contributed by atoms with van der Waals surface area (Å²) in [6.07, 6.45) is 2.67. The average molecular weight is 336 g/mol. The number of alkyl halides is 2. The molecule has 2 rings (SSSR count). The highest BCUT2D eigenvalue weighted by Gasteiger charge is 2.21. The maximum Gasteiger partial charge on any atom is 0.319 e. The molecule has 126 valence electrons. The standard InChI is InChI=1S/C13H22F2N4O2S/c1-2-22(20,21)10-9-17-5-7-18(8-6-17)11-12-16-3-4-19(12)13(14)15/h3-4,13H,2,5-11H2,1H3. The van der Waals surface area contributed by atoms with Gasteiger partial charge in [-0.25, -0.2) is 13.4 Å². The van der Waals surface area contributed by atoms with E-state index in [1.165, 1.54) is 12.4 Å². The molecule has 0 aliphatic carbocycles. The number of sulfone groups is 1. The second kappa shape index (κ2) is 7.47. The van der Waals surface area contributed by atoms with Gasteiger partial charge in [0.25, 0.3) is 0 Å². The molecule has 1 aliphatic rings. The van der Waals surface area contributed by atoms with E-state index >= 15 is 0 Å². The quantitative estimate of drug-likeness (QED) is 0.738. The molecule has 0 radical (unpaired) electrons. The maximum atomic E-state index is 12.8. The molecule has 1 aromatic heterocycles. The Morgan fingerprint density at radius 3 is 2.45 bits per heavy atom. The first kappa shape index (κ1) is 17.3. The van der Waals surface area contributed by atoms with Crippen molar-refractivity contribution in [1.82, 2.24) is 19.4 Å². The van der Waals surface area contributed by atoms with Crippen LogP contribution in [0, 0.1) is 0 Å². The van der Waals surface area contributed by atoms with Crippen LogP contribution in [0.5, 0.6) is 0 Å². The number of hydrogen-bond acceptors (Lipinski definition) is 5. The number of halogens is 2. The first-order valence-corrected chi connectivity index (χ1v) is 9.18. The van der Waals surface area contributed by atoms with E-state index in [-0.39, 0.29) is 11.5 Å². The molecule has 0 amide bonds. The van der Waals surface area contributed by atoms with Gasteiger partial charge in [0, 0.05) is 50.9 Å². The van der Waals surface area contributed by atoms with Crippen molar-refractivity contribution in [2.75, 3.05) is 44.2 Å². The zero-order valence-electron chi connectivity index (χ0n) is 12.7. The van der Waals surface area contributed by atoms with E-state index in [0.29, 0.717) is 18.9 Å². The summed E-state index contributed by atoms with van der Waals surface area (Å²) in [5.41, 5.74) is 0. The third kappa shape index (κ3) is 4.72. The van der Waals surface area contributed by atoms with Crippen molar-refractivity contribution in [3.05, 3.63) is 18.2 Å². The molecular weight excluding hydrogens is 314 g/mol. The van der Waals surface area contributed by atoms with Gasteiger partial charge in [-0.3, -0.25) is 14.4 Å². The summed E-state index contributed by atoms with van der Waals surface area (Å²) in [6, 6.07) is 0. The van der Waals surface area contributed by atoms with E-state index < -0.39 is 16.4 Å². The van der Waals surface area contributed by atoms with Crippen LogP contribution >= 0.6 is 0 Å². The monoisotopic (exact) mass is 336 g/mol. The molecule has 9 heteroatoms. The van der Waals surface area contributed by atoms with E-state index in [2.05, 4.69) is 14.8 Å². The molecule has 1 fully saturated rings. The van der Waals surface area contributed by atoms with Crippen molar-refractivity contribution in [3.8, 4) is 0 Å². The van der Waals surface area contributed by atoms with Gasteiger partial charge in [-0.05, 0) is 0 Å². The van der Waals surface area contributed by atoms with Crippen LogP contribution < -0.4 is 0 Å². The SMILES string of the molecule is CCS(=O)(=O)CCN1CCN(Cc2nccn2C(F)F)CC1. The molecule has 6 nitrogen and oxygen atoms in total. The second-order valence-electron chi connectivity index (χ2n) is 5.38. The van der Waals surface area contributed by atoms with Crippen molar-refractivity contribution in [2.24, 2.45) is 0 Å². The Balaban J connectivity index is 1.79. The van der Waals surface area contributed by atoms with E-state index in [1.54, 1.807) is 6.92 Å². The van der Waals surface area contributed by atoms with Crippen LogP contribution in [0.4, 0.5) is 8.78 Å². The maximum absolute atomic E-state index is 12.8. The van der Waals surface area contributed by atoms with Crippen molar-refractivity contribution in [1.29, 1.82) is 0 Å². The van der Waals surface area contributed by atoms with Crippen LogP contribution in [0.2, 0.25) is 0 Å². The molecule has 0 aromatic carbocycles. The van der Waals surface area contributed by atoms with E-state index in [9.17, 15) is 17.2 Å². The minimum absolute atomic E-state index is 0.170. The molecule has 1 aliphatic heterocycles. The number of piperazine rings is 1. The van der Waals surface area contributed by atoms with E-state index in [0.717, 1.165) is 30.7 Å². The lowest BCUT2D eigenvalue weighted by atomic mass is 10.3. The Kier molecular flexibility index (Phi) is 5.87. The Hall–Kier alpha value is -1.06. The van der Waals surface area contributed by atoms with E-state index in [1.807, 2.05) is 0 Å². The molecule has 1 saturated heterocycles. The number of nitrogens with zero attached hydrogens (tertiary/aromatic N) is 4. The fraction of sp³-hybridized carbons (Fsp3) is 0.769. The zero-order chi connectivity index (χ0) is 16.2. The van der Waals surface area contributed by atoms with Gasteiger partial charge in [0.05, 0.1) is 12.3 Å². The summed E-state index contributed by atoms with van der Waals surface area (Å²) < 4.78 is 49.4. The van der Waals surface area contributed by atoms with Crippen molar-refractivity contribution >= 4 is 9.84 Å². The van der Waals surface area contributed by atoms with Gasteiger partial charge in [0.1, 0.15) is 5.82 Å². The Morgan fingerprint density at radius 2 is 1.86 bits per heavy atom. The fourth-order valence-electron chi connectivity index (χ4n) is 2.43. The Labute approximate surface area is 129 Å². The predicted octanol–water partition coefficient (Wildman–Crippen LogP) is 0.830.